The van der Waals surface area contributed by atoms with E-state index in [4.69, 9.17) is 4.74 Å². The molecule has 15 heavy (non-hydrogen) atoms. The molecule has 0 saturated carbocycles. The summed E-state index contributed by atoms with van der Waals surface area (Å²) in [5.74, 6) is 1.74. The highest BCUT2D eigenvalue weighted by Gasteiger charge is 2.20. The lowest BCUT2D eigenvalue weighted by atomic mass is 10.00. The van der Waals surface area contributed by atoms with E-state index in [-0.39, 0.29) is 0 Å². The standard InChI is InChI=1S/C13H19NO/c1-10(2)9-14-12-7-8-15-13-6-4-3-5-11(12)13/h3-6,10,12,14H,7-9H2,1-2H3. The van der Waals surface area contributed by atoms with Crippen LogP contribution in [0, 0.1) is 5.92 Å². The summed E-state index contributed by atoms with van der Waals surface area (Å²) >= 11 is 0. The Morgan fingerprint density at radius 3 is 3.00 bits per heavy atom. The second-order valence-electron chi connectivity index (χ2n) is 4.53. The quantitative estimate of drug-likeness (QED) is 0.819. The van der Waals surface area contributed by atoms with Crippen LogP contribution in [-0.4, -0.2) is 13.2 Å². The van der Waals surface area contributed by atoms with E-state index in [2.05, 4.69) is 37.4 Å². The van der Waals surface area contributed by atoms with Crippen molar-refractivity contribution in [2.75, 3.05) is 13.2 Å². The first kappa shape index (κ1) is 10.5. The zero-order chi connectivity index (χ0) is 10.7. The monoisotopic (exact) mass is 205 g/mol. The summed E-state index contributed by atoms with van der Waals surface area (Å²) in [5, 5.41) is 3.60. The largest absolute Gasteiger partial charge is 0.493 e. The second kappa shape index (κ2) is 4.67. The molecule has 0 bridgehead atoms. The van der Waals surface area contributed by atoms with Gasteiger partial charge in [-0.25, -0.2) is 0 Å². The Labute approximate surface area is 91.6 Å². The van der Waals surface area contributed by atoms with Crippen LogP contribution in [0.5, 0.6) is 5.75 Å². The molecule has 0 aliphatic carbocycles. The Bertz CT molecular complexity index is 322. The number of rotatable bonds is 3. The molecule has 0 amide bonds. The Balaban J connectivity index is 2.08. The van der Waals surface area contributed by atoms with E-state index in [0.717, 1.165) is 25.3 Å². The fourth-order valence-electron chi connectivity index (χ4n) is 1.93. The van der Waals surface area contributed by atoms with Crippen molar-refractivity contribution in [3.05, 3.63) is 29.8 Å². The van der Waals surface area contributed by atoms with Crippen LogP contribution in [0.25, 0.3) is 0 Å². The maximum Gasteiger partial charge on any atom is 0.124 e. The van der Waals surface area contributed by atoms with Crippen LogP contribution in [0.15, 0.2) is 24.3 Å². The van der Waals surface area contributed by atoms with Crippen molar-refractivity contribution < 1.29 is 4.74 Å². The van der Waals surface area contributed by atoms with E-state index in [1.807, 2.05) is 6.07 Å². The Morgan fingerprint density at radius 2 is 2.20 bits per heavy atom. The summed E-state index contributed by atoms with van der Waals surface area (Å²) in [6.45, 7) is 6.36. The zero-order valence-corrected chi connectivity index (χ0v) is 9.49. The first-order valence-corrected chi connectivity index (χ1v) is 5.72. The number of benzene rings is 1. The Kier molecular flexibility index (Phi) is 3.27. The molecular formula is C13H19NO. The predicted octanol–water partition coefficient (Wildman–Crippen LogP) is 2.76. The minimum atomic E-state index is 0.470. The molecule has 2 heteroatoms. The smallest absolute Gasteiger partial charge is 0.124 e. The number of para-hydroxylation sites is 1. The van der Waals surface area contributed by atoms with Gasteiger partial charge in [0.2, 0.25) is 0 Å². The molecular weight excluding hydrogens is 186 g/mol. The van der Waals surface area contributed by atoms with E-state index in [1.54, 1.807) is 0 Å². The second-order valence-corrected chi connectivity index (χ2v) is 4.53. The maximum atomic E-state index is 5.62. The summed E-state index contributed by atoms with van der Waals surface area (Å²) in [6.07, 6.45) is 1.07. The lowest BCUT2D eigenvalue weighted by Crippen LogP contribution is -2.29. The molecule has 1 N–H and O–H groups in total. The molecule has 0 fully saturated rings. The van der Waals surface area contributed by atoms with Gasteiger partial charge in [-0.2, -0.15) is 0 Å². The summed E-state index contributed by atoms with van der Waals surface area (Å²) in [7, 11) is 0. The SMILES string of the molecule is CC(C)CNC1CCOc2ccccc21. The molecule has 2 rings (SSSR count). The Morgan fingerprint density at radius 1 is 1.40 bits per heavy atom. The lowest BCUT2D eigenvalue weighted by Gasteiger charge is -2.27. The molecule has 1 aromatic rings. The fraction of sp³-hybridized carbons (Fsp3) is 0.538. The fourth-order valence-corrected chi connectivity index (χ4v) is 1.93. The third kappa shape index (κ3) is 2.51. The average molecular weight is 205 g/mol. The number of fused-ring (bicyclic) bond motifs is 1. The van der Waals surface area contributed by atoms with Gasteiger partial charge in [0.15, 0.2) is 0 Å². The van der Waals surface area contributed by atoms with Gasteiger partial charge >= 0.3 is 0 Å². The van der Waals surface area contributed by atoms with Gasteiger partial charge in [-0.3, -0.25) is 0 Å². The summed E-state index contributed by atoms with van der Waals surface area (Å²) in [6, 6.07) is 8.80. The van der Waals surface area contributed by atoms with Crippen LogP contribution >= 0.6 is 0 Å². The van der Waals surface area contributed by atoms with E-state index in [0.29, 0.717) is 12.0 Å². The molecule has 1 aliphatic rings. The maximum absolute atomic E-state index is 5.62. The summed E-state index contributed by atoms with van der Waals surface area (Å²) < 4.78 is 5.62. The van der Waals surface area contributed by atoms with E-state index >= 15 is 0 Å². The van der Waals surface area contributed by atoms with Crippen LogP contribution in [0.4, 0.5) is 0 Å². The molecule has 1 atom stereocenters. The van der Waals surface area contributed by atoms with Gasteiger partial charge < -0.3 is 10.1 Å². The molecule has 1 aromatic carbocycles. The molecule has 1 aliphatic heterocycles. The molecule has 0 radical (unpaired) electrons. The first-order valence-electron chi connectivity index (χ1n) is 5.72. The van der Waals surface area contributed by atoms with Crippen molar-refractivity contribution in [3.8, 4) is 5.75 Å². The van der Waals surface area contributed by atoms with Crippen LogP contribution in [0.2, 0.25) is 0 Å². The van der Waals surface area contributed by atoms with Crippen molar-refractivity contribution in [2.24, 2.45) is 5.92 Å². The van der Waals surface area contributed by atoms with Crippen molar-refractivity contribution in [2.45, 2.75) is 26.3 Å². The van der Waals surface area contributed by atoms with Crippen LogP contribution < -0.4 is 10.1 Å². The Hall–Kier alpha value is -1.02. The van der Waals surface area contributed by atoms with Crippen LogP contribution in [0.3, 0.4) is 0 Å². The van der Waals surface area contributed by atoms with Gasteiger partial charge in [-0.15, -0.1) is 0 Å². The third-order valence-electron chi connectivity index (χ3n) is 2.73. The molecule has 1 unspecified atom stereocenters. The zero-order valence-electron chi connectivity index (χ0n) is 9.49. The van der Waals surface area contributed by atoms with Gasteiger partial charge in [-0.1, -0.05) is 32.0 Å². The highest BCUT2D eigenvalue weighted by molar-refractivity contribution is 5.37. The van der Waals surface area contributed by atoms with Crippen LogP contribution in [0.1, 0.15) is 31.9 Å². The third-order valence-corrected chi connectivity index (χ3v) is 2.73. The van der Waals surface area contributed by atoms with Crippen molar-refractivity contribution >= 4 is 0 Å². The van der Waals surface area contributed by atoms with Gasteiger partial charge in [0, 0.05) is 18.0 Å². The van der Waals surface area contributed by atoms with Gasteiger partial charge in [0.05, 0.1) is 6.61 Å². The van der Waals surface area contributed by atoms with Crippen LogP contribution in [-0.2, 0) is 0 Å². The highest BCUT2D eigenvalue weighted by Crippen LogP contribution is 2.31. The molecule has 0 spiro atoms. The minimum Gasteiger partial charge on any atom is -0.493 e. The van der Waals surface area contributed by atoms with Crippen molar-refractivity contribution in [3.63, 3.8) is 0 Å². The summed E-state index contributed by atoms with van der Waals surface area (Å²) in [4.78, 5) is 0. The molecule has 82 valence electrons. The average Bonchev–Trinajstić information content (AvgIpc) is 2.26. The van der Waals surface area contributed by atoms with Crippen molar-refractivity contribution in [1.29, 1.82) is 0 Å². The van der Waals surface area contributed by atoms with Gasteiger partial charge in [-0.05, 0) is 18.5 Å². The van der Waals surface area contributed by atoms with Crippen molar-refractivity contribution in [1.82, 2.24) is 5.32 Å². The number of hydrogen-bond donors (Lipinski definition) is 1. The number of nitrogens with one attached hydrogen (secondary N) is 1. The number of ether oxygens (including phenoxy) is 1. The van der Waals surface area contributed by atoms with E-state index < -0.39 is 0 Å². The first-order chi connectivity index (χ1) is 7.27. The lowest BCUT2D eigenvalue weighted by molar-refractivity contribution is 0.250. The normalized spacial score (nSPS) is 19.8. The molecule has 0 saturated heterocycles. The van der Waals surface area contributed by atoms with Gasteiger partial charge in [0.25, 0.3) is 0 Å². The van der Waals surface area contributed by atoms with E-state index in [1.165, 1.54) is 5.56 Å². The molecule has 0 aromatic heterocycles. The topological polar surface area (TPSA) is 21.3 Å². The molecule has 1 heterocycles. The van der Waals surface area contributed by atoms with Gasteiger partial charge in [0.1, 0.15) is 5.75 Å². The van der Waals surface area contributed by atoms with E-state index in [9.17, 15) is 0 Å². The molecule has 2 nitrogen and oxygen atoms in total. The predicted molar refractivity (Wildman–Crippen MR) is 62.1 cm³/mol. The highest BCUT2D eigenvalue weighted by atomic mass is 16.5. The number of hydrogen-bond acceptors (Lipinski definition) is 2. The minimum absolute atomic E-state index is 0.470. The summed E-state index contributed by atoms with van der Waals surface area (Å²) in [5.41, 5.74) is 1.31.